The number of carbonyl (C=O) groups excluding carboxylic acids is 2. The van der Waals surface area contributed by atoms with Crippen LogP contribution in [-0.2, 0) is 9.53 Å². The van der Waals surface area contributed by atoms with E-state index in [1.54, 1.807) is 37.5 Å². The molecule has 3 rings (SSSR count). The van der Waals surface area contributed by atoms with Crippen molar-refractivity contribution in [1.82, 2.24) is 5.32 Å². The van der Waals surface area contributed by atoms with Crippen molar-refractivity contribution >= 4 is 11.9 Å². The average Bonchev–Trinajstić information content (AvgIpc) is 3.15. The summed E-state index contributed by atoms with van der Waals surface area (Å²) in [7, 11) is 2.89. The lowest BCUT2D eigenvalue weighted by molar-refractivity contribution is -0.143. The molecular formula is C22H21F2NO4. The lowest BCUT2D eigenvalue weighted by atomic mass is 9.85. The first kappa shape index (κ1) is 20.5. The molecule has 0 saturated heterocycles. The molecule has 2 aromatic carbocycles. The van der Waals surface area contributed by atoms with Gasteiger partial charge in [-0.25, -0.2) is 8.78 Å². The maximum absolute atomic E-state index is 13.3. The summed E-state index contributed by atoms with van der Waals surface area (Å²) in [4.78, 5) is 24.7. The van der Waals surface area contributed by atoms with Gasteiger partial charge in [-0.05, 0) is 42.2 Å². The summed E-state index contributed by atoms with van der Waals surface area (Å²) in [5.74, 6) is -2.69. The van der Waals surface area contributed by atoms with Gasteiger partial charge >= 0.3 is 5.97 Å². The molecule has 0 spiro atoms. The quantitative estimate of drug-likeness (QED) is 0.593. The molecule has 0 bridgehead atoms. The van der Waals surface area contributed by atoms with E-state index in [2.05, 4.69) is 5.32 Å². The van der Waals surface area contributed by atoms with Crippen molar-refractivity contribution in [2.24, 2.45) is 5.92 Å². The Balaban J connectivity index is 1.72. The first-order valence-electron chi connectivity index (χ1n) is 9.08. The molecule has 152 valence electrons. The summed E-state index contributed by atoms with van der Waals surface area (Å²) >= 11 is 0. The van der Waals surface area contributed by atoms with E-state index in [0.29, 0.717) is 18.2 Å². The zero-order chi connectivity index (χ0) is 21.0. The molecule has 3 atom stereocenters. The van der Waals surface area contributed by atoms with Crippen molar-refractivity contribution in [3.8, 4) is 5.75 Å². The number of hydrogen-bond acceptors (Lipinski definition) is 4. The van der Waals surface area contributed by atoms with Crippen LogP contribution in [0.1, 0.15) is 28.3 Å². The highest BCUT2D eigenvalue weighted by Gasteiger charge is 2.34. The average molecular weight is 401 g/mol. The van der Waals surface area contributed by atoms with Gasteiger partial charge in [0.1, 0.15) is 17.4 Å². The normalized spacial score (nSPS) is 18.9. The first-order valence-corrected chi connectivity index (χ1v) is 9.08. The summed E-state index contributed by atoms with van der Waals surface area (Å²) in [5.41, 5.74) is 0.672. The number of nitrogens with one attached hydrogen (secondary N) is 1. The van der Waals surface area contributed by atoms with Crippen molar-refractivity contribution in [3.05, 3.63) is 77.4 Å². The van der Waals surface area contributed by atoms with Crippen LogP contribution < -0.4 is 10.1 Å². The van der Waals surface area contributed by atoms with Crippen LogP contribution in [0.5, 0.6) is 5.75 Å². The molecule has 3 unspecified atom stereocenters. The number of carbonyl (C=O) groups is 2. The minimum Gasteiger partial charge on any atom is -0.497 e. The number of esters is 1. The molecule has 1 N–H and O–H groups in total. The van der Waals surface area contributed by atoms with Crippen molar-refractivity contribution < 1.29 is 27.8 Å². The second-order valence-corrected chi connectivity index (χ2v) is 6.80. The lowest BCUT2D eigenvalue weighted by Gasteiger charge is -2.22. The van der Waals surface area contributed by atoms with Gasteiger partial charge in [-0.2, -0.15) is 0 Å². The molecule has 0 heterocycles. The Morgan fingerprint density at radius 2 is 1.69 bits per heavy atom. The fourth-order valence-electron chi connectivity index (χ4n) is 3.51. The van der Waals surface area contributed by atoms with E-state index in [1.807, 2.05) is 6.08 Å². The molecule has 29 heavy (non-hydrogen) atoms. The highest BCUT2D eigenvalue weighted by atomic mass is 19.1. The third kappa shape index (κ3) is 4.80. The number of hydrogen-bond donors (Lipinski definition) is 1. The Bertz CT molecular complexity index is 907. The summed E-state index contributed by atoms with van der Waals surface area (Å²) in [5, 5.41) is 2.73. The number of amides is 1. The van der Waals surface area contributed by atoms with Crippen LogP contribution in [0.4, 0.5) is 8.78 Å². The van der Waals surface area contributed by atoms with E-state index in [4.69, 9.17) is 9.47 Å². The van der Waals surface area contributed by atoms with Crippen LogP contribution in [-0.4, -0.2) is 32.1 Å². The molecule has 0 saturated carbocycles. The maximum atomic E-state index is 13.3. The van der Waals surface area contributed by atoms with Gasteiger partial charge < -0.3 is 14.8 Å². The second kappa shape index (κ2) is 8.86. The van der Waals surface area contributed by atoms with Crippen LogP contribution >= 0.6 is 0 Å². The minimum absolute atomic E-state index is 0.0981. The highest BCUT2D eigenvalue weighted by molar-refractivity contribution is 5.94. The SMILES string of the molecule is COC(=O)C(c1ccc(OC)cc1)C1C=CC(NC(=O)c2cc(F)cc(F)c2)C1. The predicted molar refractivity (Wildman–Crippen MR) is 103 cm³/mol. The van der Waals surface area contributed by atoms with E-state index < -0.39 is 23.5 Å². The lowest BCUT2D eigenvalue weighted by Crippen LogP contribution is -2.34. The van der Waals surface area contributed by atoms with Gasteiger partial charge in [0.05, 0.1) is 20.1 Å². The summed E-state index contributed by atoms with van der Waals surface area (Å²) < 4.78 is 36.8. The van der Waals surface area contributed by atoms with Gasteiger partial charge in [-0.3, -0.25) is 9.59 Å². The van der Waals surface area contributed by atoms with Gasteiger partial charge in [0.2, 0.25) is 0 Å². The summed E-state index contributed by atoms with van der Waals surface area (Å²) in [6.45, 7) is 0. The Morgan fingerprint density at radius 3 is 2.28 bits per heavy atom. The van der Waals surface area contributed by atoms with Crippen LogP contribution in [0.3, 0.4) is 0 Å². The van der Waals surface area contributed by atoms with Gasteiger partial charge in [0.25, 0.3) is 5.91 Å². The fourth-order valence-corrected chi connectivity index (χ4v) is 3.51. The number of halogens is 2. The fraction of sp³-hybridized carbons (Fsp3) is 0.273. The van der Waals surface area contributed by atoms with Crippen LogP contribution in [0.2, 0.25) is 0 Å². The Hall–Kier alpha value is -3.22. The van der Waals surface area contributed by atoms with Crippen molar-refractivity contribution in [1.29, 1.82) is 0 Å². The molecule has 0 aliphatic heterocycles. The number of rotatable bonds is 6. The Morgan fingerprint density at radius 1 is 1.03 bits per heavy atom. The molecule has 1 aliphatic rings. The Kier molecular flexibility index (Phi) is 6.26. The number of allylic oxidation sites excluding steroid dienone is 1. The zero-order valence-electron chi connectivity index (χ0n) is 16.0. The largest absolute Gasteiger partial charge is 0.497 e. The van der Waals surface area contributed by atoms with E-state index in [-0.39, 0.29) is 23.5 Å². The van der Waals surface area contributed by atoms with Gasteiger partial charge in [-0.15, -0.1) is 0 Å². The smallest absolute Gasteiger partial charge is 0.313 e. The van der Waals surface area contributed by atoms with Gasteiger partial charge in [0, 0.05) is 17.7 Å². The molecule has 1 aliphatic carbocycles. The number of methoxy groups -OCH3 is 2. The molecule has 1 amide bonds. The van der Waals surface area contributed by atoms with Crippen LogP contribution in [0.15, 0.2) is 54.6 Å². The second-order valence-electron chi connectivity index (χ2n) is 6.80. The van der Waals surface area contributed by atoms with Crippen molar-refractivity contribution in [2.75, 3.05) is 14.2 Å². The molecule has 5 nitrogen and oxygen atoms in total. The maximum Gasteiger partial charge on any atom is 0.313 e. The Labute approximate surface area is 167 Å². The molecule has 0 aromatic heterocycles. The highest BCUT2D eigenvalue weighted by Crippen LogP contribution is 2.35. The van der Waals surface area contributed by atoms with Gasteiger partial charge in [0.15, 0.2) is 0 Å². The summed E-state index contributed by atoms with van der Waals surface area (Å²) in [6, 6.07) is 9.42. The third-order valence-electron chi connectivity index (χ3n) is 4.92. The topological polar surface area (TPSA) is 64.6 Å². The minimum atomic E-state index is -0.819. The van der Waals surface area contributed by atoms with Gasteiger partial charge in [-0.1, -0.05) is 24.3 Å². The van der Waals surface area contributed by atoms with E-state index in [0.717, 1.165) is 17.7 Å². The zero-order valence-corrected chi connectivity index (χ0v) is 16.0. The number of benzene rings is 2. The molecule has 2 aromatic rings. The molecule has 0 radical (unpaired) electrons. The van der Waals surface area contributed by atoms with E-state index >= 15 is 0 Å². The standard InChI is InChI=1S/C22H21F2NO4/c1-28-19-7-4-13(5-8-19)20(22(27)29-2)14-3-6-18(11-14)25-21(26)15-9-16(23)12-17(24)10-15/h3-10,12,14,18,20H,11H2,1-2H3,(H,25,26). The van der Waals surface area contributed by atoms with Crippen LogP contribution in [0, 0.1) is 17.6 Å². The predicted octanol–water partition coefficient (Wildman–Crippen LogP) is 3.60. The summed E-state index contributed by atoms with van der Waals surface area (Å²) in [6.07, 6.45) is 4.08. The van der Waals surface area contributed by atoms with E-state index in [1.165, 1.54) is 7.11 Å². The number of ether oxygens (including phenoxy) is 2. The molecular weight excluding hydrogens is 380 g/mol. The first-order chi connectivity index (χ1) is 13.9. The van der Waals surface area contributed by atoms with Crippen molar-refractivity contribution in [2.45, 2.75) is 18.4 Å². The monoisotopic (exact) mass is 401 g/mol. The van der Waals surface area contributed by atoms with Crippen molar-refractivity contribution in [3.63, 3.8) is 0 Å². The molecule has 7 heteroatoms. The third-order valence-corrected chi connectivity index (χ3v) is 4.92. The van der Waals surface area contributed by atoms with Crippen LogP contribution in [0.25, 0.3) is 0 Å². The molecule has 0 fully saturated rings. The van der Waals surface area contributed by atoms with E-state index in [9.17, 15) is 18.4 Å².